The third-order valence-corrected chi connectivity index (χ3v) is 3.85. The van der Waals surface area contributed by atoms with E-state index < -0.39 is 0 Å². The van der Waals surface area contributed by atoms with Crippen LogP contribution in [0.25, 0.3) is 0 Å². The van der Waals surface area contributed by atoms with E-state index in [2.05, 4.69) is 5.32 Å². The van der Waals surface area contributed by atoms with Gasteiger partial charge in [0, 0.05) is 13.5 Å². The number of carbonyl (C=O) groups is 1. The lowest BCUT2D eigenvalue weighted by molar-refractivity contribution is -0.119. The van der Waals surface area contributed by atoms with E-state index in [1.165, 1.54) is 12.8 Å². The first-order valence-corrected chi connectivity index (χ1v) is 5.15. The minimum absolute atomic E-state index is 0.0936. The van der Waals surface area contributed by atoms with E-state index in [0.29, 0.717) is 18.1 Å². The first kappa shape index (κ1) is 7.80. The van der Waals surface area contributed by atoms with Crippen LogP contribution in [0.2, 0.25) is 0 Å². The van der Waals surface area contributed by atoms with Gasteiger partial charge in [-0.2, -0.15) is 0 Å². The summed E-state index contributed by atoms with van der Waals surface area (Å²) in [5.41, 5.74) is 0. The Hall–Kier alpha value is -0.570. The fraction of sp³-hybridized carbons (Fsp3) is 0.900. The number of fused-ring (bicyclic) bond motifs is 5. The molecule has 5 unspecified atom stereocenters. The zero-order valence-electron chi connectivity index (χ0n) is 7.82. The Morgan fingerprint density at radius 3 is 2.92 bits per heavy atom. The molecule has 1 heterocycles. The lowest BCUT2D eigenvalue weighted by atomic mass is 9.89. The average molecular weight is 181 g/mol. The Bertz CT molecular complexity index is 253. The van der Waals surface area contributed by atoms with E-state index in [9.17, 15) is 4.79 Å². The zero-order chi connectivity index (χ0) is 9.00. The number of carbonyl (C=O) groups excluding carboxylic acids is 1. The van der Waals surface area contributed by atoms with Crippen molar-refractivity contribution in [2.24, 2.45) is 17.8 Å². The van der Waals surface area contributed by atoms with Gasteiger partial charge in [0.2, 0.25) is 5.91 Å². The number of hydrogen-bond acceptors (Lipinski definition) is 2. The summed E-state index contributed by atoms with van der Waals surface area (Å²) in [5, 5.41) is 2.92. The maximum Gasteiger partial charge on any atom is 0.216 e. The van der Waals surface area contributed by atoms with Crippen molar-refractivity contribution in [3.63, 3.8) is 0 Å². The molecule has 0 radical (unpaired) electrons. The van der Waals surface area contributed by atoms with Gasteiger partial charge in [0.05, 0.1) is 12.2 Å². The topological polar surface area (TPSA) is 41.6 Å². The Labute approximate surface area is 77.8 Å². The summed E-state index contributed by atoms with van der Waals surface area (Å²) in [6, 6.07) is 0. The number of hydrogen-bond donors (Lipinski definition) is 1. The lowest BCUT2D eigenvalue weighted by Gasteiger charge is -2.18. The lowest BCUT2D eigenvalue weighted by Crippen LogP contribution is -2.31. The molecule has 5 atom stereocenters. The number of amides is 1. The Morgan fingerprint density at radius 2 is 2.31 bits per heavy atom. The first-order valence-electron chi connectivity index (χ1n) is 5.15. The fourth-order valence-corrected chi connectivity index (χ4v) is 3.24. The first-order chi connectivity index (χ1) is 6.25. The van der Waals surface area contributed by atoms with E-state index in [1.54, 1.807) is 6.92 Å². The van der Waals surface area contributed by atoms with Crippen molar-refractivity contribution in [3.05, 3.63) is 0 Å². The van der Waals surface area contributed by atoms with Crippen LogP contribution in [-0.2, 0) is 9.53 Å². The predicted octanol–water partition coefficient (Wildman–Crippen LogP) is 0.546. The molecular weight excluding hydrogens is 166 g/mol. The molecule has 1 amide bonds. The van der Waals surface area contributed by atoms with Crippen LogP contribution >= 0.6 is 0 Å². The van der Waals surface area contributed by atoms with Crippen molar-refractivity contribution in [2.45, 2.75) is 32.0 Å². The summed E-state index contributed by atoms with van der Waals surface area (Å²) in [6.07, 6.45) is 3.79. The van der Waals surface area contributed by atoms with Gasteiger partial charge in [0.1, 0.15) is 0 Å². The molecule has 0 aromatic rings. The van der Waals surface area contributed by atoms with Crippen LogP contribution in [0, 0.1) is 17.8 Å². The number of epoxide rings is 1. The van der Waals surface area contributed by atoms with Crippen LogP contribution in [0.3, 0.4) is 0 Å². The molecular formula is C10H15NO2. The second-order valence-corrected chi connectivity index (χ2v) is 4.66. The van der Waals surface area contributed by atoms with E-state index in [4.69, 9.17) is 4.74 Å². The summed E-state index contributed by atoms with van der Waals surface area (Å²) >= 11 is 0. The third-order valence-electron chi connectivity index (χ3n) is 3.85. The smallest absolute Gasteiger partial charge is 0.216 e. The molecule has 2 aliphatic carbocycles. The Morgan fingerprint density at radius 1 is 1.46 bits per heavy atom. The third kappa shape index (κ3) is 1.10. The van der Waals surface area contributed by atoms with Crippen molar-refractivity contribution in [2.75, 3.05) is 6.54 Å². The van der Waals surface area contributed by atoms with E-state index >= 15 is 0 Å². The SMILES string of the molecule is CC(=O)NCC1CC2CC1C1OC21. The summed E-state index contributed by atoms with van der Waals surface area (Å²) < 4.78 is 5.56. The number of nitrogens with one attached hydrogen (secondary N) is 1. The van der Waals surface area contributed by atoms with Gasteiger partial charge < -0.3 is 10.1 Å². The van der Waals surface area contributed by atoms with Crippen molar-refractivity contribution in [1.29, 1.82) is 0 Å². The predicted molar refractivity (Wildman–Crippen MR) is 47.0 cm³/mol. The second-order valence-electron chi connectivity index (χ2n) is 4.66. The molecule has 2 bridgehead atoms. The van der Waals surface area contributed by atoms with Crippen molar-refractivity contribution < 1.29 is 9.53 Å². The summed E-state index contributed by atoms with van der Waals surface area (Å²) in [5.74, 6) is 2.35. The summed E-state index contributed by atoms with van der Waals surface area (Å²) in [6.45, 7) is 2.45. The Kier molecular flexibility index (Phi) is 1.48. The number of rotatable bonds is 2. The molecule has 1 N–H and O–H groups in total. The van der Waals surface area contributed by atoms with Gasteiger partial charge in [-0.3, -0.25) is 4.79 Å². The maximum absolute atomic E-state index is 10.8. The molecule has 2 saturated carbocycles. The molecule has 0 aromatic heterocycles. The van der Waals surface area contributed by atoms with Crippen molar-refractivity contribution >= 4 is 5.91 Å². The van der Waals surface area contributed by atoms with E-state index in [-0.39, 0.29) is 5.91 Å². The van der Waals surface area contributed by atoms with Crippen molar-refractivity contribution in [1.82, 2.24) is 5.32 Å². The molecule has 3 rings (SSSR count). The fourth-order valence-electron chi connectivity index (χ4n) is 3.24. The highest BCUT2D eigenvalue weighted by Crippen LogP contribution is 2.58. The Balaban J connectivity index is 1.59. The van der Waals surface area contributed by atoms with Crippen LogP contribution < -0.4 is 5.32 Å². The highest BCUT2D eigenvalue weighted by Gasteiger charge is 2.62. The zero-order valence-corrected chi connectivity index (χ0v) is 7.82. The van der Waals surface area contributed by atoms with Gasteiger partial charge in [0.25, 0.3) is 0 Å². The molecule has 3 heteroatoms. The molecule has 3 nitrogen and oxygen atoms in total. The van der Waals surface area contributed by atoms with Crippen molar-refractivity contribution in [3.8, 4) is 0 Å². The van der Waals surface area contributed by atoms with Crippen LogP contribution in [-0.4, -0.2) is 24.7 Å². The van der Waals surface area contributed by atoms with E-state index in [1.807, 2.05) is 0 Å². The molecule has 0 spiro atoms. The highest BCUT2D eigenvalue weighted by molar-refractivity contribution is 5.72. The van der Waals surface area contributed by atoms with Gasteiger partial charge in [0.15, 0.2) is 0 Å². The highest BCUT2D eigenvalue weighted by atomic mass is 16.6. The van der Waals surface area contributed by atoms with Crippen LogP contribution in [0.4, 0.5) is 0 Å². The quantitative estimate of drug-likeness (QED) is 0.632. The molecule has 3 aliphatic rings. The second kappa shape index (κ2) is 2.47. The molecule has 3 fully saturated rings. The van der Waals surface area contributed by atoms with Gasteiger partial charge in [-0.05, 0) is 30.6 Å². The van der Waals surface area contributed by atoms with Crippen LogP contribution in [0.15, 0.2) is 0 Å². The molecule has 1 aliphatic heterocycles. The van der Waals surface area contributed by atoms with Crippen LogP contribution in [0.1, 0.15) is 19.8 Å². The van der Waals surface area contributed by atoms with Gasteiger partial charge in [-0.25, -0.2) is 0 Å². The summed E-state index contributed by atoms with van der Waals surface area (Å²) in [7, 11) is 0. The van der Waals surface area contributed by atoms with Gasteiger partial charge >= 0.3 is 0 Å². The molecule has 13 heavy (non-hydrogen) atoms. The average Bonchev–Trinajstić information content (AvgIpc) is 2.70. The standard InChI is InChI=1S/C10H15NO2/c1-5(12)11-4-7-2-6-3-8(7)10-9(6)13-10/h6-10H,2-4H2,1H3,(H,11,12). The van der Waals surface area contributed by atoms with Crippen LogP contribution in [0.5, 0.6) is 0 Å². The minimum atomic E-state index is 0.0936. The summed E-state index contributed by atoms with van der Waals surface area (Å²) in [4.78, 5) is 10.8. The molecule has 72 valence electrons. The number of ether oxygens (including phenoxy) is 1. The molecule has 1 saturated heterocycles. The normalized spacial score (nSPS) is 50.4. The van der Waals surface area contributed by atoms with E-state index in [0.717, 1.165) is 18.4 Å². The minimum Gasteiger partial charge on any atom is -0.369 e. The monoisotopic (exact) mass is 181 g/mol. The largest absolute Gasteiger partial charge is 0.369 e. The van der Waals surface area contributed by atoms with Gasteiger partial charge in [-0.1, -0.05) is 0 Å². The van der Waals surface area contributed by atoms with Gasteiger partial charge in [-0.15, -0.1) is 0 Å². The maximum atomic E-state index is 10.8. The molecule has 0 aromatic carbocycles.